The lowest BCUT2D eigenvalue weighted by atomic mass is 10.2. The van der Waals surface area contributed by atoms with Crippen LogP contribution >= 0.6 is 0 Å². The van der Waals surface area contributed by atoms with Crippen LogP contribution in [-0.4, -0.2) is 9.97 Å². The molecule has 0 saturated heterocycles. The van der Waals surface area contributed by atoms with Crippen molar-refractivity contribution in [3.05, 3.63) is 47.4 Å². The number of anilines is 2. The van der Waals surface area contributed by atoms with Crippen molar-refractivity contribution in [2.75, 3.05) is 11.1 Å². The van der Waals surface area contributed by atoms with Gasteiger partial charge in [0.1, 0.15) is 0 Å². The molecule has 3 N–H and O–H groups in total. The van der Waals surface area contributed by atoms with Gasteiger partial charge < -0.3 is 11.1 Å². The molecule has 0 aliphatic rings. The molecule has 94 valence electrons. The van der Waals surface area contributed by atoms with Crippen LogP contribution in [-0.2, 0) is 6.54 Å². The van der Waals surface area contributed by atoms with E-state index in [1.54, 1.807) is 0 Å². The van der Waals surface area contributed by atoms with Gasteiger partial charge in [-0.2, -0.15) is 4.98 Å². The van der Waals surface area contributed by atoms with Crippen LogP contribution in [0.15, 0.2) is 24.4 Å². The summed E-state index contributed by atoms with van der Waals surface area (Å²) >= 11 is 0. The van der Waals surface area contributed by atoms with Gasteiger partial charge in [0.25, 0.3) is 0 Å². The monoisotopic (exact) mass is 254 g/mol. The van der Waals surface area contributed by atoms with Crippen molar-refractivity contribution < 1.29 is 13.2 Å². The number of hydrogen-bond acceptors (Lipinski definition) is 4. The summed E-state index contributed by atoms with van der Waals surface area (Å²) in [6.07, 6.45) is 0.926. The number of nitrogens with one attached hydrogen (secondary N) is 1. The lowest BCUT2D eigenvalue weighted by Crippen LogP contribution is -2.07. The first-order valence-corrected chi connectivity index (χ1v) is 5.02. The second-order valence-electron chi connectivity index (χ2n) is 3.53. The summed E-state index contributed by atoms with van der Waals surface area (Å²) in [5.74, 6) is -2.74. The summed E-state index contributed by atoms with van der Waals surface area (Å²) in [4.78, 5) is 7.10. The van der Waals surface area contributed by atoms with Crippen LogP contribution in [0.3, 0.4) is 0 Å². The fraction of sp³-hybridized carbons (Fsp3) is 0.0909. The molecule has 1 aromatic heterocycles. The SMILES string of the molecule is Nc1ncc(F)c(NCc2ccc(F)c(F)c2)n1. The number of halogens is 3. The highest BCUT2D eigenvalue weighted by Gasteiger charge is 2.06. The van der Waals surface area contributed by atoms with Gasteiger partial charge in [0.15, 0.2) is 23.3 Å². The molecule has 0 unspecified atom stereocenters. The van der Waals surface area contributed by atoms with E-state index in [0.717, 1.165) is 18.3 Å². The molecule has 2 aromatic rings. The quantitative estimate of drug-likeness (QED) is 0.880. The van der Waals surface area contributed by atoms with Crippen LogP contribution in [0.1, 0.15) is 5.56 Å². The molecule has 0 bridgehead atoms. The van der Waals surface area contributed by atoms with Crippen molar-refractivity contribution in [3.8, 4) is 0 Å². The third-order valence-corrected chi connectivity index (χ3v) is 2.21. The summed E-state index contributed by atoms with van der Waals surface area (Å²) in [6.45, 7) is 0.0879. The number of nitrogen functional groups attached to an aromatic ring is 1. The Hall–Kier alpha value is -2.31. The Morgan fingerprint density at radius 2 is 1.89 bits per heavy atom. The van der Waals surface area contributed by atoms with E-state index in [1.165, 1.54) is 6.07 Å². The lowest BCUT2D eigenvalue weighted by Gasteiger charge is -2.07. The van der Waals surface area contributed by atoms with Gasteiger partial charge in [-0.1, -0.05) is 6.07 Å². The van der Waals surface area contributed by atoms with Crippen molar-refractivity contribution in [3.63, 3.8) is 0 Å². The summed E-state index contributed by atoms with van der Waals surface area (Å²) in [5.41, 5.74) is 5.75. The summed E-state index contributed by atoms with van der Waals surface area (Å²) in [6, 6.07) is 3.40. The van der Waals surface area contributed by atoms with E-state index in [4.69, 9.17) is 5.73 Å². The maximum atomic E-state index is 13.2. The molecular formula is C11H9F3N4. The molecule has 1 heterocycles. The number of benzene rings is 1. The summed E-state index contributed by atoms with van der Waals surface area (Å²) < 4.78 is 38.9. The van der Waals surface area contributed by atoms with E-state index < -0.39 is 17.5 Å². The number of hydrogen-bond donors (Lipinski definition) is 2. The van der Waals surface area contributed by atoms with Gasteiger partial charge in [0.2, 0.25) is 5.95 Å². The minimum absolute atomic E-state index is 0.0795. The highest BCUT2D eigenvalue weighted by molar-refractivity contribution is 5.40. The molecule has 0 atom stereocenters. The van der Waals surface area contributed by atoms with E-state index in [9.17, 15) is 13.2 Å². The summed E-state index contributed by atoms with van der Waals surface area (Å²) in [5, 5.41) is 2.62. The molecule has 0 aliphatic carbocycles. The maximum Gasteiger partial charge on any atom is 0.222 e. The van der Waals surface area contributed by atoms with Crippen LogP contribution < -0.4 is 11.1 Å². The molecule has 0 spiro atoms. The predicted molar refractivity (Wildman–Crippen MR) is 60.1 cm³/mol. The van der Waals surface area contributed by atoms with Crippen LogP contribution in [0.25, 0.3) is 0 Å². The van der Waals surface area contributed by atoms with Gasteiger partial charge in [-0.3, -0.25) is 0 Å². The topological polar surface area (TPSA) is 63.8 Å². The van der Waals surface area contributed by atoms with E-state index in [2.05, 4.69) is 15.3 Å². The van der Waals surface area contributed by atoms with Crippen molar-refractivity contribution in [2.24, 2.45) is 0 Å². The first-order chi connectivity index (χ1) is 8.56. The number of aromatic nitrogens is 2. The molecule has 0 aliphatic heterocycles. The number of rotatable bonds is 3. The van der Waals surface area contributed by atoms with Crippen molar-refractivity contribution in [1.29, 1.82) is 0 Å². The Kier molecular flexibility index (Phi) is 3.31. The van der Waals surface area contributed by atoms with Crippen LogP contribution in [0, 0.1) is 17.5 Å². The fourth-order valence-electron chi connectivity index (χ4n) is 1.34. The predicted octanol–water partition coefficient (Wildman–Crippen LogP) is 2.09. The van der Waals surface area contributed by atoms with Gasteiger partial charge in [0, 0.05) is 6.54 Å². The van der Waals surface area contributed by atoms with Crippen LogP contribution in [0.2, 0.25) is 0 Å². The zero-order valence-corrected chi connectivity index (χ0v) is 9.12. The molecule has 1 aromatic carbocycles. The van der Waals surface area contributed by atoms with E-state index in [1.807, 2.05) is 0 Å². The van der Waals surface area contributed by atoms with Crippen LogP contribution in [0.5, 0.6) is 0 Å². The molecule has 0 amide bonds. The van der Waals surface area contributed by atoms with E-state index >= 15 is 0 Å². The standard InChI is InChI=1S/C11H9F3N4/c12-7-2-1-6(3-8(7)13)4-16-10-9(14)5-17-11(15)18-10/h1-3,5H,4H2,(H3,15,16,17,18). The Morgan fingerprint density at radius 1 is 1.11 bits per heavy atom. The molecular weight excluding hydrogens is 245 g/mol. The average Bonchev–Trinajstić information content (AvgIpc) is 2.34. The first-order valence-electron chi connectivity index (χ1n) is 5.02. The van der Waals surface area contributed by atoms with Crippen molar-refractivity contribution in [1.82, 2.24) is 9.97 Å². The normalized spacial score (nSPS) is 10.4. The number of nitrogens with zero attached hydrogens (tertiary/aromatic N) is 2. The third-order valence-electron chi connectivity index (χ3n) is 2.21. The Bertz CT molecular complexity index is 574. The minimum Gasteiger partial charge on any atom is -0.368 e. The Morgan fingerprint density at radius 3 is 2.61 bits per heavy atom. The van der Waals surface area contributed by atoms with Gasteiger partial charge in [-0.25, -0.2) is 18.2 Å². The van der Waals surface area contributed by atoms with Gasteiger partial charge in [-0.05, 0) is 17.7 Å². The highest BCUT2D eigenvalue weighted by atomic mass is 19.2. The smallest absolute Gasteiger partial charge is 0.222 e. The second kappa shape index (κ2) is 4.91. The van der Waals surface area contributed by atoms with Gasteiger partial charge in [0.05, 0.1) is 6.20 Å². The zero-order chi connectivity index (χ0) is 13.1. The molecule has 0 saturated carbocycles. The Balaban J connectivity index is 2.11. The largest absolute Gasteiger partial charge is 0.368 e. The van der Waals surface area contributed by atoms with Gasteiger partial charge >= 0.3 is 0 Å². The van der Waals surface area contributed by atoms with Crippen LogP contribution in [0.4, 0.5) is 24.9 Å². The number of nitrogens with two attached hydrogens (primary N) is 1. The minimum atomic E-state index is -0.961. The first kappa shape index (κ1) is 12.2. The molecule has 4 nitrogen and oxygen atoms in total. The molecule has 18 heavy (non-hydrogen) atoms. The maximum absolute atomic E-state index is 13.2. The van der Waals surface area contributed by atoms with E-state index in [0.29, 0.717) is 5.56 Å². The average molecular weight is 254 g/mol. The molecule has 2 rings (SSSR count). The van der Waals surface area contributed by atoms with Crippen molar-refractivity contribution in [2.45, 2.75) is 6.54 Å². The molecule has 0 radical (unpaired) electrons. The highest BCUT2D eigenvalue weighted by Crippen LogP contribution is 2.13. The molecule has 7 heteroatoms. The second-order valence-corrected chi connectivity index (χ2v) is 3.53. The third kappa shape index (κ3) is 2.68. The van der Waals surface area contributed by atoms with Crippen molar-refractivity contribution >= 4 is 11.8 Å². The summed E-state index contributed by atoms with van der Waals surface area (Å²) in [7, 11) is 0. The lowest BCUT2D eigenvalue weighted by molar-refractivity contribution is 0.507. The van der Waals surface area contributed by atoms with Gasteiger partial charge in [-0.15, -0.1) is 0 Å². The Labute approximate surface area is 101 Å². The fourth-order valence-corrected chi connectivity index (χ4v) is 1.34. The molecule has 0 fully saturated rings. The zero-order valence-electron chi connectivity index (χ0n) is 9.12. The van der Waals surface area contributed by atoms with E-state index in [-0.39, 0.29) is 18.3 Å².